The Labute approximate surface area is 230 Å². The van der Waals surface area contributed by atoms with E-state index in [-0.39, 0.29) is 11.5 Å². The van der Waals surface area contributed by atoms with Crippen molar-refractivity contribution in [2.45, 2.75) is 131 Å². The van der Waals surface area contributed by atoms with Crippen molar-refractivity contribution in [1.82, 2.24) is 0 Å². The van der Waals surface area contributed by atoms with Gasteiger partial charge in [-0.05, 0) is 116 Å². The number of carboxylic acids is 1. The molecule has 5 heteroatoms. The van der Waals surface area contributed by atoms with Crippen LogP contribution in [0.3, 0.4) is 0 Å². The van der Waals surface area contributed by atoms with E-state index >= 15 is 4.39 Å². The molecule has 2 N–H and O–H groups in total. The third-order valence-electron chi connectivity index (χ3n) is 12.4. The van der Waals surface area contributed by atoms with Crippen molar-refractivity contribution in [3.8, 4) is 12.8 Å². The Kier molecular flexibility index (Phi) is 7.39. The Balaban J connectivity index is 0.000000515. The van der Waals surface area contributed by atoms with Gasteiger partial charge in [0.15, 0.2) is 0 Å². The van der Waals surface area contributed by atoms with Gasteiger partial charge in [-0.2, -0.15) is 0 Å². The first kappa shape index (κ1) is 29.4. The number of fused-ring (bicyclic) bond motifs is 3. The van der Waals surface area contributed by atoms with Crippen LogP contribution in [0.4, 0.5) is 4.39 Å². The zero-order chi connectivity index (χ0) is 28.5. The molecule has 4 unspecified atom stereocenters. The van der Waals surface area contributed by atoms with Gasteiger partial charge in [0.05, 0.1) is 11.4 Å². The monoisotopic (exact) mass is 530 g/mol. The van der Waals surface area contributed by atoms with Gasteiger partial charge >= 0.3 is 0 Å². The molecule has 0 radical (unpaired) electrons. The van der Waals surface area contributed by atoms with Gasteiger partial charge in [-0.3, -0.25) is 4.79 Å². The second kappa shape index (κ2) is 9.53. The summed E-state index contributed by atoms with van der Waals surface area (Å²) in [7, 11) is 0. The number of rotatable bonds is 2. The van der Waals surface area contributed by atoms with Crippen LogP contribution in [0.25, 0.3) is 0 Å². The van der Waals surface area contributed by atoms with Crippen LogP contribution in [0, 0.1) is 58.2 Å². The molecule has 5 aliphatic carbocycles. The van der Waals surface area contributed by atoms with Gasteiger partial charge in [-0.25, -0.2) is 4.39 Å². The molecule has 6 rings (SSSR count). The summed E-state index contributed by atoms with van der Waals surface area (Å²) in [6.45, 7) is 14.5. The third-order valence-corrected chi connectivity index (χ3v) is 12.4. The standard InChI is InChI=1S/C29H45FO2.C2H4O2.C2H2/c1-17-28-14-13-27(6)20-8-7-18(16-25(2,3)31)32-22(20)15-21(27)19(28)9-10-23-26(4,5)24(30)11-12-29(17,23)28;1-2(3)4;1-2/h17-19,21,23-24,31H,7-16H2,1-6H3;1H3,(H,3,4);1-2H/t17-,18+,19-,21?,23?,24?,27+,28-,29?;;/m0../s1. The first-order valence-electron chi connectivity index (χ1n) is 14.9. The van der Waals surface area contributed by atoms with Crippen molar-refractivity contribution in [2.75, 3.05) is 0 Å². The van der Waals surface area contributed by atoms with E-state index in [1.165, 1.54) is 31.4 Å². The average molecular weight is 531 g/mol. The summed E-state index contributed by atoms with van der Waals surface area (Å²) in [4.78, 5) is 9.00. The van der Waals surface area contributed by atoms with Crippen LogP contribution in [-0.4, -0.2) is 34.1 Å². The largest absolute Gasteiger partial charge is 0.495 e. The summed E-state index contributed by atoms with van der Waals surface area (Å²) >= 11 is 0. The molecule has 9 atom stereocenters. The normalized spacial score (nSPS) is 45.7. The number of alkyl halides is 1. The summed E-state index contributed by atoms with van der Waals surface area (Å²) in [5.41, 5.74) is 1.95. The van der Waals surface area contributed by atoms with E-state index in [0.717, 1.165) is 57.3 Å². The maximum Gasteiger partial charge on any atom is 0.300 e. The lowest BCUT2D eigenvalue weighted by molar-refractivity contribution is -0.134. The van der Waals surface area contributed by atoms with E-state index < -0.39 is 17.7 Å². The molecule has 0 bridgehead atoms. The van der Waals surface area contributed by atoms with Gasteiger partial charge in [0.2, 0.25) is 0 Å². The number of carboxylic acid groups (broad SMARTS) is 1. The fourth-order valence-corrected chi connectivity index (χ4v) is 11.1. The van der Waals surface area contributed by atoms with Crippen molar-refractivity contribution >= 4 is 5.97 Å². The Hall–Kier alpha value is -1.54. The zero-order valence-electron chi connectivity index (χ0n) is 24.8. The first-order valence-corrected chi connectivity index (χ1v) is 14.9. The van der Waals surface area contributed by atoms with Gasteiger partial charge < -0.3 is 14.9 Å². The molecule has 4 fully saturated rings. The maximum atomic E-state index is 15.1. The molecule has 0 aromatic heterocycles. The Morgan fingerprint density at radius 3 is 2.29 bits per heavy atom. The van der Waals surface area contributed by atoms with Crippen molar-refractivity contribution in [3.05, 3.63) is 11.3 Å². The third kappa shape index (κ3) is 4.06. The lowest BCUT2D eigenvalue weighted by Crippen LogP contribution is -2.53. The molecule has 0 amide bonds. The molecule has 6 aliphatic rings. The van der Waals surface area contributed by atoms with Gasteiger partial charge in [-0.15, -0.1) is 12.8 Å². The minimum absolute atomic E-state index is 0.161. The molecular weight excluding hydrogens is 479 g/mol. The topological polar surface area (TPSA) is 66.8 Å². The van der Waals surface area contributed by atoms with Crippen LogP contribution in [0.1, 0.15) is 113 Å². The van der Waals surface area contributed by atoms with Gasteiger partial charge in [0.1, 0.15) is 12.3 Å². The number of carbonyl (C=O) groups is 1. The van der Waals surface area contributed by atoms with Crippen LogP contribution in [0.5, 0.6) is 0 Å². The molecule has 4 saturated carbocycles. The van der Waals surface area contributed by atoms with Crippen LogP contribution in [-0.2, 0) is 9.53 Å². The molecule has 0 aromatic carbocycles. The lowest BCUT2D eigenvalue weighted by atomic mass is 9.46. The number of terminal acetylenes is 1. The molecule has 0 aromatic rings. The number of hydrogen-bond donors (Lipinski definition) is 2. The van der Waals surface area contributed by atoms with E-state index in [4.69, 9.17) is 14.6 Å². The molecule has 214 valence electrons. The van der Waals surface area contributed by atoms with Crippen LogP contribution >= 0.6 is 0 Å². The van der Waals surface area contributed by atoms with Crippen molar-refractivity contribution in [1.29, 1.82) is 0 Å². The minimum Gasteiger partial charge on any atom is -0.495 e. The number of aliphatic carboxylic acids is 1. The highest BCUT2D eigenvalue weighted by molar-refractivity contribution is 5.63. The zero-order valence-corrected chi connectivity index (χ0v) is 24.8. The Morgan fingerprint density at radius 2 is 1.68 bits per heavy atom. The van der Waals surface area contributed by atoms with Crippen LogP contribution in [0.2, 0.25) is 0 Å². The van der Waals surface area contributed by atoms with E-state index in [9.17, 15) is 5.11 Å². The summed E-state index contributed by atoms with van der Waals surface area (Å²) < 4.78 is 21.7. The fourth-order valence-electron chi connectivity index (χ4n) is 11.1. The van der Waals surface area contributed by atoms with E-state index in [2.05, 4.69) is 40.5 Å². The first-order chi connectivity index (χ1) is 17.6. The van der Waals surface area contributed by atoms with Crippen molar-refractivity contribution < 1.29 is 24.1 Å². The quantitative estimate of drug-likeness (QED) is 0.362. The van der Waals surface area contributed by atoms with E-state index in [0.29, 0.717) is 28.1 Å². The summed E-state index contributed by atoms with van der Waals surface area (Å²) in [5, 5.41) is 17.8. The molecule has 2 spiro atoms. The van der Waals surface area contributed by atoms with Crippen LogP contribution in [0.15, 0.2) is 11.3 Å². The predicted molar refractivity (Wildman–Crippen MR) is 149 cm³/mol. The SMILES string of the molecule is C#C.CC(=O)O.C[C@@H]1C23CCC(F)C(C)(C)C2CC[C@H]2C4CC5=C(CC[C@H](CC(C)(C)O)O5)[C@@]4(C)CC[C@]123. The highest BCUT2D eigenvalue weighted by atomic mass is 19.1. The number of aliphatic hydroxyl groups is 1. The second-order valence-electron chi connectivity index (χ2n) is 14.8. The molecule has 0 saturated heterocycles. The summed E-state index contributed by atoms with van der Waals surface area (Å²) in [6, 6.07) is 0. The van der Waals surface area contributed by atoms with Crippen LogP contribution < -0.4 is 0 Å². The Bertz CT molecular complexity index is 987. The predicted octanol–water partition coefficient (Wildman–Crippen LogP) is 7.55. The molecule has 4 nitrogen and oxygen atoms in total. The number of allylic oxidation sites excluding steroid dienone is 2. The van der Waals surface area contributed by atoms with E-state index in [1.807, 2.05) is 13.8 Å². The maximum absolute atomic E-state index is 15.1. The van der Waals surface area contributed by atoms with E-state index in [1.54, 1.807) is 5.57 Å². The van der Waals surface area contributed by atoms with Gasteiger partial charge in [-0.1, -0.05) is 27.7 Å². The summed E-state index contributed by atoms with van der Waals surface area (Å²) in [6.07, 6.45) is 18.6. The summed E-state index contributed by atoms with van der Waals surface area (Å²) in [5.74, 6) is 3.26. The minimum atomic E-state index is -0.833. The smallest absolute Gasteiger partial charge is 0.300 e. The van der Waals surface area contributed by atoms with Crippen molar-refractivity contribution in [3.63, 3.8) is 0 Å². The van der Waals surface area contributed by atoms with Gasteiger partial charge in [0.25, 0.3) is 5.97 Å². The fraction of sp³-hybridized carbons (Fsp3) is 0.848. The molecular formula is C33H51FO4. The van der Waals surface area contributed by atoms with Crippen molar-refractivity contribution in [2.24, 2.45) is 45.3 Å². The highest BCUT2D eigenvalue weighted by Gasteiger charge is 2.84. The molecule has 38 heavy (non-hydrogen) atoms. The number of halogens is 1. The average Bonchev–Trinajstić information content (AvgIpc) is 3.20. The molecule has 1 aliphatic heterocycles. The second-order valence-corrected chi connectivity index (χ2v) is 14.8. The number of hydrogen-bond acceptors (Lipinski definition) is 3. The molecule has 1 heterocycles. The van der Waals surface area contributed by atoms with Gasteiger partial charge in [0, 0.05) is 19.8 Å². The lowest BCUT2D eigenvalue weighted by Gasteiger charge is -2.58. The number of ether oxygens (including phenoxy) is 1. The Morgan fingerprint density at radius 1 is 1.05 bits per heavy atom. The highest BCUT2D eigenvalue weighted by Crippen LogP contribution is 2.89.